The maximum Gasteiger partial charge on any atom is 0.240 e. The van der Waals surface area contributed by atoms with Crippen molar-refractivity contribution in [2.75, 3.05) is 33.0 Å². The van der Waals surface area contributed by atoms with E-state index in [9.17, 15) is 8.42 Å². The molecule has 1 saturated heterocycles. The number of methoxy groups -OCH3 is 1. The highest BCUT2D eigenvalue weighted by Crippen LogP contribution is 2.24. The predicted molar refractivity (Wildman–Crippen MR) is 78.2 cm³/mol. The van der Waals surface area contributed by atoms with Gasteiger partial charge >= 0.3 is 0 Å². The Kier molecular flexibility index (Phi) is 4.52. The number of nitrogens with one attached hydrogen (secondary N) is 1. The molecule has 1 heterocycles. The number of benzene rings is 1. The van der Waals surface area contributed by atoms with E-state index in [1.807, 2.05) is 7.05 Å². The van der Waals surface area contributed by atoms with Gasteiger partial charge in [-0.15, -0.1) is 0 Å². The standard InChI is InChI=1S/C13H21N3O3S/c1-16-7-3-4-10(16)9-15-20(17,18)11-5-6-13(19-2)12(14)8-11/h5-6,8,10,15H,3-4,7,9,14H2,1-2H3. The van der Waals surface area contributed by atoms with Crippen molar-refractivity contribution in [1.29, 1.82) is 0 Å². The highest BCUT2D eigenvalue weighted by molar-refractivity contribution is 7.89. The first kappa shape index (κ1) is 15.1. The van der Waals surface area contributed by atoms with Crippen LogP contribution in [0.1, 0.15) is 12.8 Å². The fourth-order valence-electron chi connectivity index (χ4n) is 2.41. The summed E-state index contributed by atoms with van der Waals surface area (Å²) in [6.07, 6.45) is 2.13. The lowest BCUT2D eigenvalue weighted by Crippen LogP contribution is -2.38. The van der Waals surface area contributed by atoms with E-state index >= 15 is 0 Å². The summed E-state index contributed by atoms with van der Waals surface area (Å²) in [5, 5.41) is 0. The van der Waals surface area contributed by atoms with Crippen molar-refractivity contribution < 1.29 is 13.2 Å². The second kappa shape index (κ2) is 5.99. The molecule has 1 fully saturated rings. The summed E-state index contributed by atoms with van der Waals surface area (Å²) in [5.41, 5.74) is 6.06. The lowest BCUT2D eigenvalue weighted by Gasteiger charge is -2.19. The van der Waals surface area contributed by atoms with Gasteiger partial charge in [0.1, 0.15) is 5.75 Å². The summed E-state index contributed by atoms with van der Waals surface area (Å²) in [6.45, 7) is 1.44. The number of sulfonamides is 1. The van der Waals surface area contributed by atoms with Crippen molar-refractivity contribution in [1.82, 2.24) is 9.62 Å². The molecule has 0 spiro atoms. The third-order valence-corrected chi connectivity index (χ3v) is 5.11. The molecular formula is C13H21N3O3S. The van der Waals surface area contributed by atoms with Gasteiger partial charge in [0.15, 0.2) is 0 Å². The monoisotopic (exact) mass is 299 g/mol. The fourth-order valence-corrected chi connectivity index (χ4v) is 3.51. The highest BCUT2D eigenvalue weighted by atomic mass is 32.2. The molecule has 0 aliphatic carbocycles. The lowest BCUT2D eigenvalue weighted by atomic mass is 10.2. The van der Waals surface area contributed by atoms with E-state index in [-0.39, 0.29) is 10.9 Å². The summed E-state index contributed by atoms with van der Waals surface area (Å²) in [6, 6.07) is 4.74. The molecule has 3 N–H and O–H groups in total. The Labute approximate surface area is 120 Å². The molecule has 1 aromatic rings. The van der Waals surface area contributed by atoms with Crippen molar-refractivity contribution in [2.24, 2.45) is 0 Å². The molecule has 0 aromatic heterocycles. The van der Waals surface area contributed by atoms with Crippen LogP contribution in [-0.4, -0.2) is 46.6 Å². The molecule has 1 aliphatic heterocycles. The minimum Gasteiger partial charge on any atom is -0.495 e. The van der Waals surface area contributed by atoms with Crippen LogP contribution in [0, 0.1) is 0 Å². The van der Waals surface area contributed by atoms with E-state index in [4.69, 9.17) is 10.5 Å². The number of nitrogens with two attached hydrogens (primary N) is 1. The van der Waals surface area contributed by atoms with Gasteiger partial charge in [-0.1, -0.05) is 0 Å². The van der Waals surface area contributed by atoms with Gasteiger partial charge in [-0.3, -0.25) is 0 Å². The Morgan fingerprint density at radius 1 is 1.50 bits per heavy atom. The smallest absolute Gasteiger partial charge is 0.240 e. The molecule has 2 rings (SSSR count). The fraction of sp³-hybridized carbons (Fsp3) is 0.538. The highest BCUT2D eigenvalue weighted by Gasteiger charge is 2.23. The average Bonchev–Trinajstić information content (AvgIpc) is 2.82. The topological polar surface area (TPSA) is 84.7 Å². The van der Waals surface area contributed by atoms with Crippen LogP contribution >= 0.6 is 0 Å². The molecule has 7 heteroatoms. The Bertz CT molecular complexity index is 574. The van der Waals surface area contributed by atoms with Crippen LogP contribution in [0.25, 0.3) is 0 Å². The molecular weight excluding hydrogens is 278 g/mol. The summed E-state index contributed by atoms with van der Waals surface area (Å²) in [5.74, 6) is 0.472. The van der Waals surface area contributed by atoms with Gasteiger partial charge in [0.25, 0.3) is 0 Å². The van der Waals surface area contributed by atoms with Crippen molar-refractivity contribution in [3.63, 3.8) is 0 Å². The van der Waals surface area contributed by atoms with Crippen LogP contribution in [0.15, 0.2) is 23.1 Å². The molecule has 0 radical (unpaired) electrons. The maximum atomic E-state index is 12.2. The molecule has 6 nitrogen and oxygen atoms in total. The number of nitrogen functional groups attached to an aromatic ring is 1. The first-order chi connectivity index (χ1) is 9.44. The second-order valence-corrected chi connectivity index (χ2v) is 6.80. The van der Waals surface area contributed by atoms with E-state index in [1.165, 1.54) is 19.2 Å². The largest absolute Gasteiger partial charge is 0.495 e. The van der Waals surface area contributed by atoms with Gasteiger partial charge in [-0.25, -0.2) is 13.1 Å². The Balaban J connectivity index is 2.08. The van der Waals surface area contributed by atoms with E-state index in [1.54, 1.807) is 6.07 Å². The third-order valence-electron chi connectivity index (χ3n) is 3.69. The molecule has 0 amide bonds. The summed E-state index contributed by atoms with van der Waals surface area (Å²) < 4.78 is 32.1. The number of nitrogens with zero attached hydrogens (tertiary/aromatic N) is 1. The predicted octanol–water partition coefficient (Wildman–Crippen LogP) is 0.650. The third kappa shape index (κ3) is 3.23. The van der Waals surface area contributed by atoms with Crippen LogP contribution in [0.4, 0.5) is 5.69 Å². The van der Waals surface area contributed by atoms with Crippen LogP contribution in [0.2, 0.25) is 0 Å². The molecule has 0 saturated carbocycles. The van der Waals surface area contributed by atoms with Crippen LogP contribution in [-0.2, 0) is 10.0 Å². The molecule has 1 aromatic carbocycles. The number of hydrogen-bond donors (Lipinski definition) is 2. The van der Waals surface area contributed by atoms with Crippen molar-refractivity contribution in [3.8, 4) is 5.75 Å². The minimum atomic E-state index is -3.53. The van der Waals surface area contributed by atoms with E-state index in [0.717, 1.165) is 19.4 Å². The zero-order valence-electron chi connectivity index (χ0n) is 11.8. The van der Waals surface area contributed by atoms with Crippen molar-refractivity contribution in [2.45, 2.75) is 23.8 Å². The summed E-state index contributed by atoms with van der Waals surface area (Å²) >= 11 is 0. The normalized spacial score (nSPS) is 20.2. The van der Waals surface area contributed by atoms with Crippen LogP contribution in [0.3, 0.4) is 0 Å². The average molecular weight is 299 g/mol. The van der Waals surface area contributed by atoms with Gasteiger partial charge in [0.05, 0.1) is 17.7 Å². The van der Waals surface area contributed by atoms with Gasteiger partial charge in [-0.05, 0) is 44.6 Å². The summed E-state index contributed by atoms with van der Waals surface area (Å²) in [7, 11) is -0.0255. The summed E-state index contributed by atoms with van der Waals surface area (Å²) in [4.78, 5) is 2.33. The molecule has 1 unspecified atom stereocenters. The molecule has 0 bridgehead atoms. The first-order valence-corrected chi connectivity index (χ1v) is 8.06. The van der Waals surface area contributed by atoms with E-state index < -0.39 is 10.0 Å². The number of likely N-dealkylation sites (N-methyl/N-ethyl adjacent to an activating group) is 1. The van der Waals surface area contributed by atoms with E-state index in [2.05, 4.69) is 9.62 Å². The van der Waals surface area contributed by atoms with Crippen molar-refractivity contribution >= 4 is 15.7 Å². The Morgan fingerprint density at radius 2 is 2.25 bits per heavy atom. The molecule has 1 atom stereocenters. The SMILES string of the molecule is COc1ccc(S(=O)(=O)NCC2CCCN2C)cc1N. The lowest BCUT2D eigenvalue weighted by molar-refractivity contribution is 0.311. The maximum absolute atomic E-state index is 12.2. The second-order valence-electron chi connectivity index (χ2n) is 5.03. The van der Waals surface area contributed by atoms with E-state index in [0.29, 0.717) is 18.0 Å². The number of likely N-dealkylation sites (tertiary alicyclic amines) is 1. The van der Waals surface area contributed by atoms with Crippen molar-refractivity contribution in [3.05, 3.63) is 18.2 Å². The number of rotatable bonds is 5. The minimum absolute atomic E-state index is 0.163. The zero-order valence-corrected chi connectivity index (χ0v) is 12.6. The Hall–Kier alpha value is -1.31. The van der Waals surface area contributed by atoms with Gasteiger partial charge in [0, 0.05) is 12.6 Å². The van der Waals surface area contributed by atoms with Crippen LogP contribution in [0.5, 0.6) is 5.75 Å². The number of ether oxygens (including phenoxy) is 1. The molecule has 112 valence electrons. The van der Waals surface area contributed by atoms with Crippen LogP contribution < -0.4 is 15.2 Å². The molecule has 20 heavy (non-hydrogen) atoms. The first-order valence-electron chi connectivity index (χ1n) is 6.57. The zero-order chi connectivity index (χ0) is 14.8. The van der Waals surface area contributed by atoms with Gasteiger partial charge < -0.3 is 15.4 Å². The van der Waals surface area contributed by atoms with Gasteiger partial charge in [0.2, 0.25) is 10.0 Å². The number of hydrogen-bond acceptors (Lipinski definition) is 5. The Morgan fingerprint density at radius 3 is 2.80 bits per heavy atom. The molecule has 1 aliphatic rings. The quantitative estimate of drug-likeness (QED) is 0.780. The number of anilines is 1. The van der Waals surface area contributed by atoms with Gasteiger partial charge in [-0.2, -0.15) is 0 Å².